The van der Waals surface area contributed by atoms with Gasteiger partial charge in [-0.2, -0.15) is 13.2 Å². The second-order valence-corrected chi connectivity index (χ2v) is 5.11. The van der Waals surface area contributed by atoms with E-state index in [2.05, 4.69) is 0 Å². The van der Waals surface area contributed by atoms with E-state index in [0.717, 1.165) is 5.56 Å². The Morgan fingerprint density at radius 3 is 2.06 bits per heavy atom. The Morgan fingerprint density at radius 2 is 1.65 bits per heavy atom. The van der Waals surface area contributed by atoms with Gasteiger partial charge in [0.15, 0.2) is 0 Å². The van der Waals surface area contributed by atoms with Crippen molar-refractivity contribution in [3.8, 4) is 0 Å². The van der Waals surface area contributed by atoms with E-state index in [1.165, 1.54) is 12.1 Å². The molecular formula is C12H17F3N2. The van der Waals surface area contributed by atoms with Crippen LogP contribution in [0.2, 0.25) is 0 Å². The predicted octanol–water partition coefficient (Wildman–Crippen LogP) is 3.13. The molecule has 1 aromatic rings. The van der Waals surface area contributed by atoms with Crippen molar-refractivity contribution < 1.29 is 13.2 Å². The van der Waals surface area contributed by atoms with Gasteiger partial charge in [-0.3, -0.25) is 0 Å². The third-order valence-electron chi connectivity index (χ3n) is 2.64. The summed E-state index contributed by atoms with van der Waals surface area (Å²) in [7, 11) is 0. The molecule has 0 amide bonds. The molecule has 1 atom stereocenters. The molecular weight excluding hydrogens is 229 g/mol. The van der Waals surface area contributed by atoms with Crippen LogP contribution in [0.4, 0.5) is 18.9 Å². The van der Waals surface area contributed by atoms with Gasteiger partial charge < -0.3 is 11.5 Å². The molecule has 5 heteroatoms. The van der Waals surface area contributed by atoms with E-state index in [1.807, 2.05) is 20.8 Å². The molecule has 17 heavy (non-hydrogen) atoms. The second kappa shape index (κ2) is 4.22. The first-order valence-electron chi connectivity index (χ1n) is 5.25. The Morgan fingerprint density at radius 1 is 1.12 bits per heavy atom. The van der Waals surface area contributed by atoms with Gasteiger partial charge in [0.05, 0.1) is 0 Å². The predicted molar refractivity (Wildman–Crippen MR) is 62.5 cm³/mol. The van der Waals surface area contributed by atoms with Gasteiger partial charge in [0, 0.05) is 11.3 Å². The Hall–Kier alpha value is -1.23. The van der Waals surface area contributed by atoms with Crippen LogP contribution in [-0.2, 0) is 5.41 Å². The molecule has 0 bridgehead atoms. The molecule has 2 nitrogen and oxygen atoms in total. The molecule has 0 aliphatic heterocycles. The molecule has 0 aliphatic carbocycles. The van der Waals surface area contributed by atoms with Crippen molar-refractivity contribution in [1.29, 1.82) is 0 Å². The van der Waals surface area contributed by atoms with Gasteiger partial charge in [-0.1, -0.05) is 32.9 Å². The summed E-state index contributed by atoms with van der Waals surface area (Å²) in [5.41, 5.74) is 11.3. The summed E-state index contributed by atoms with van der Waals surface area (Å²) in [6.07, 6.45) is -4.48. The Labute approximate surface area is 98.8 Å². The molecule has 0 fully saturated rings. The number of halogens is 3. The lowest BCUT2D eigenvalue weighted by molar-refractivity contribution is -0.149. The minimum absolute atomic E-state index is 0.0649. The topological polar surface area (TPSA) is 52.0 Å². The summed E-state index contributed by atoms with van der Waals surface area (Å²) in [4.78, 5) is 0. The highest BCUT2D eigenvalue weighted by Gasteiger charge is 2.39. The first-order chi connectivity index (χ1) is 7.53. The standard InChI is InChI=1S/C12H17F3N2/c1-11(2,3)7-4-5-9(16)8(6-7)10(17)12(13,14)15/h4-6,10H,16-17H2,1-3H3/t10-/m0/s1. The zero-order valence-corrected chi connectivity index (χ0v) is 10.1. The van der Waals surface area contributed by atoms with Gasteiger partial charge in [0.25, 0.3) is 0 Å². The molecule has 0 aromatic heterocycles. The average molecular weight is 246 g/mol. The van der Waals surface area contributed by atoms with Crippen LogP contribution in [0.15, 0.2) is 18.2 Å². The molecule has 4 N–H and O–H groups in total. The van der Waals surface area contributed by atoms with Crippen molar-refractivity contribution >= 4 is 5.69 Å². The lowest BCUT2D eigenvalue weighted by Gasteiger charge is -2.23. The van der Waals surface area contributed by atoms with Crippen molar-refractivity contribution in [2.75, 3.05) is 5.73 Å². The maximum atomic E-state index is 12.6. The van der Waals surface area contributed by atoms with Gasteiger partial charge in [-0.25, -0.2) is 0 Å². The highest BCUT2D eigenvalue weighted by molar-refractivity contribution is 5.51. The van der Waals surface area contributed by atoms with E-state index in [0.29, 0.717) is 0 Å². The summed E-state index contributed by atoms with van der Waals surface area (Å²) in [6.45, 7) is 5.75. The van der Waals surface area contributed by atoms with Crippen LogP contribution < -0.4 is 11.5 Å². The fraction of sp³-hybridized carbons (Fsp3) is 0.500. The van der Waals surface area contributed by atoms with Crippen LogP contribution in [0.3, 0.4) is 0 Å². The van der Waals surface area contributed by atoms with E-state index in [9.17, 15) is 13.2 Å². The van der Waals surface area contributed by atoms with E-state index >= 15 is 0 Å². The largest absolute Gasteiger partial charge is 0.407 e. The lowest BCUT2D eigenvalue weighted by Crippen LogP contribution is -2.29. The van der Waals surface area contributed by atoms with Crippen LogP contribution in [0.25, 0.3) is 0 Å². The minimum Gasteiger partial charge on any atom is -0.398 e. The van der Waals surface area contributed by atoms with Gasteiger partial charge in [-0.15, -0.1) is 0 Å². The number of anilines is 1. The van der Waals surface area contributed by atoms with Crippen molar-refractivity contribution in [3.05, 3.63) is 29.3 Å². The third-order valence-corrected chi connectivity index (χ3v) is 2.64. The zero-order valence-electron chi connectivity index (χ0n) is 10.1. The molecule has 0 heterocycles. The smallest absolute Gasteiger partial charge is 0.398 e. The number of alkyl halides is 3. The number of benzene rings is 1. The second-order valence-electron chi connectivity index (χ2n) is 5.11. The van der Waals surface area contributed by atoms with Gasteiger partial charge in [0.1, 0.15) is 6.04 Å². The molecule has 0 saturated carbocycles. The van der Waals surface area contributed by atoms with Crippen LogP contribution in [0.5, 0.6) is 0 Å². The van der Waals surface area contributed by atoms with Crippen LogP contribution in [0.1, 0.15) is 37.9 Å². The third kappa shape index (κ3) is 3.12. The van der Waals surface area contributed by atoms with Crippen molar-refractivity contribution in [1.82, 2.24) is 0 Å². The van der Waals surface area contributed by atoms with E-state index in [-0.39, 0.29) is 16.7 Å². The summed E-state index contributed by atoms with van der Waals surface area (Å²) >= 11 is 0. The molecule has 0 radical (unpaired) electrons. The Kier molecular flexibility index (Phi) is 3.43. The quantitative estimate of drug-likeness (QED) is 0.748. The highest BCUT2D eigenvalue weighted by Crippen LogP contribution is 2.35. The van der Waals surface area contributed by atoms with E-state index in [4.69, 9.17) is 11.5 Å². The summed E-state index contributed by atoms with van der Waals surface area (Å²) < 4.78 is 37.7. The summed E-state index contributed by atoms with van der Waals surface area (Å²) in [5.74, 6) is 0. The molecule has 0 aliphatic rings. The maximum Gasteiger partial charge on any atom is 0.407 e. The maximum absolute atomic E-state index is 12.6. The van der Waals surface area contributed by atoms with Crippen LogP contribution in [-0.4, -0.2) is 6.18 Å². The molecule has 1 rings (SSSR count). The first-order valence-corrected chi connectivity index (χ1v) is 5.25. The van der Waals surface area contributed by atoms with Crippen molar-refractivity contribution in [2.45, 2.75) is 38.4 Å². The van der Waals surface area contributed by atoms with Crippen LogP contribution >= 0.6 is 0 Å². The van der Waals surface area contributed by atoms with Crippen molar-refractivity contribution in [3.63, 3.8) is 0 Å². The fourth-order valence-corrected chi connectivity index (χ4v) is 1.49. The lowest BCUT2D eigenvalue weighted by atomic mass is 9.85. The van der Waals surface area contributed by atoms with Crippen molar-refractivity contribution in [2.24, 2.45) is 5.73 Å². The normalized spacial score (nSPS) is 14.8. The van der Waals surface area contributed by atoms with Gasteiger partial charge in [-0.05, 0) is 17.0 Å². The molecule has 1 aromatic carbocycles. The zero-order chi connectivity index (χ0) is 13.4. The molecule has 0 spiro atoms. The monoisotopic (exact) mass is 246 g/mol. The molecule has 0 saturated heterocycles. The number of nitrogen functional groups attached to an aromatic ring is 1. The number of hydrogen-bond acceptors (Lipinski definition) is 2. The number of nitrogens with two attached hydrogens (primary N) is 2. The summed E-state index contributed by atoms with van der Waals surface area (Å²) in [6, 6.07) is 2.60. The minimum atomic E-state index is -4.48. The summed E-state index contributed by atoms with van der Waals surface area (Å²) in [5, 5.41) is 0. The number of rotatable bonds is 1. The Bertz CT molecular complexity index is 405. The SMILES string of the molecule is CC(C)(C)c1ccc(N)c([C@H](N)C(F)(F)F)c1. The van der Waals surface area contributed by atoms with Gasteiger partial charge in [0.2, 0.25) is 0 Å². The molecule has 96 valence electrons. The average Bonchev–Trinajstić information content (AvgIpc) is 2.14. The fourth-order valence-electron chi connectivity index (χ4n) is 1.49. The van der Waals surface area contributed by atoms with Gasteiger partial charge >= 0.3 is 6.18 Å². The van der Waals surface area contributed by atoms with E-state index < -0.39 is 12.2 Å². The molecule has 0 unspecified atom stereocenters. The highest BCUT2D eigenvalue weighted by atomic mass is 19.4. The first kappa shape index (κ1) is 13.8. The van der Waals surface area contributed by atoms with E-state index in [1.54, 1.807) is 6.07 Å². The Balaban J connectivity index is 3.25. The number of hydrogen-bond donors (Lipinski definition) is 2. The van der Waals surface area contributed by atoms with Crippen LogP contribution in [0, 0.1) is 0 Å².